The van der Waals surface area contributed by atoms with E-state index in [0.717, 1.165) is 29.0 Å². The number of thiazole rings is 1. The van der Waals surface area contributed by atoms with Gasteiger partial charge in [-0.3, -0.25) is 10.1 Å². The molecule has 0 bridgehead atoms. The number of carbonyl (C=O) groups is 1. The maximum absolute atomic E-state index is 13.1. The van der Waals surface area contributed by atoms with Gasteiger partial charge < -0.3 is 4.74 Å². The summed E-state index contributed by atoms with van der Waals surface area (Å²) in [5.41, 5.74) is 3.07. The first kappa shape index (κ1) is 24.4. The molecule has 1 N–H and O–H groups in total. The number of hydrogen-bond donors (Lipinski definition) is 1. The van der Waals surface area contributed by atoms with Crippen molar-refractivity contribution in [2.45, 2.75) is 32.1 Å². The molecule has 0 saturated carbocycles. The molecule has 1 aliphatic heterocycles. The zero-order valence-electron chi connectivity index (χ0n) is 19.7. The van der Waals surface area contributed by atoms with Gasteiger partial charge in [-0.05, 0) is 73.2 Å². The minimum atomic E-state index is -3.58. The van der Waals surface area contributed by atoms with E-state index < -0.39 is 10.0 Å². The van der Waals surface area contributed by atoms with Crippen LogP contribution in [0.3, 0.4) is 0 Å². The first-order chi connectivity index (χ1) is 16.2. The third-order valence-electron chi connectivity index (χ3n) is 6.00. The lowest BCUT2D eigenvalue weighted by Crippen LogP contribution is -2.42. The summed E-state index contributed by atoms with van der Waals surface area (Å²) in [6, 6.07) is 11.9. The van der Waals surface area contributed by atoms with Crippen LogP contribution in [0, 0.1) is 18.8 Å². The molecule has 9 heteroatoms. The Labute approximate surface area is 204 Å². The zero-order chi connectivity index (χ0) is 24.5. The molecule has 1 saturated heterocycles. The number of nitrogens with one attached hydrogen (secondary N) is 1. The number of piperidine rings is 1. The lowest BCUT2D eigenvalue weighted by atomic mass is 9.94. The topological polar surface area (TPSA) is 88.6 Å². The van der Waals surface area contributed by atoms with Crippen molar-refractivity contribution < 1.29 is 17.9 Å². The van der Waals surface area contributed by atoms with Crippen LogP contribution in [-0.4, -0.2) is 43.8 Å². The van der Waals surface area contributed by atoms with E-state index in [4.69, 9.17) is 4.74 Å². The number of amides is 1. The summed E-state index contributed by atoms with van der Waals surface area (Å²) in [6.45, 7) is 7.16. The quantitative estimate of drug-likeness (QED) is 0.513. The smallest absolute Gasteiger partial charge is 0.257 e. The Balaban J connectivity index is 1.45. The molecule has 4 rings (SSSR count). The second-order valence-electron chi connectivity index (χ2n) is 8.97. The van der Waals surface area contributed by atoms with Crippen LogP contribution in [0.4, 0.5) is 5.13 Å². The average Bonchev–Trinajstić information content (AvgIpc) is 3.27. The van der Waals surface area contributed by atoms with Gasteiger partial charge in [0.1, 0.15) is 5.75 Å². The number of nitrogens with zero attached hydrogens (tertiary/aromatic N) is 2. The van der Waals surface area contributed by atoms with Crippen LogP contribution < -0.4 is 10.1 Å². The van der Waals surface area contributed by atoms with E-state index in [-0.39, 0.29) is 10.8 Å². The molecule has 34 heavy (non-hydrogen) atoms. The number of hydrogen-bond acceptors (Lipinski definition) is 6. The Hall–Kier alpha value is -2.75. The maximum Gasteiger partial charge on any atom is 0.257 e. The maximum atomic E-state index is 13.1. The van der Waals surface area contributed by atoms with Gasteiger partial charge in [0, 0.05) is 29.6 Å². The van der Waals surface area contributed by atoms with Gasteiger partial charge in [0.05, 0.1) is 17.7 Å². The summed E-state index contributed by atoms with van der Waals surface area (Å²) in [6.07, 6.45) is 1.03. The Bertz CT molecular complexity index is 1280. The highest BCUT2D eigenvalue weighted by Gasteiger charge is 2.31. The fraction of sp³-hybridized carbons (Fsp3) is 0.360. The minimum Gasteiger partial charge on any atom is -0.496 e. The predicted octanol–water partition coefficient (Wildman–Crippen LogP) is 5.05. The van der Waals surface area contributed by atoms with Crippen molar-refractivity contribution in [2.24, 2.45) is 11.8 Å². The number of sulfonamides is 1. The fourth-order valence-electron chi connectivity index (χ4n) is 4.40. The van der Waals surface area contributed by atoms with Crippen molar-refractivity contribution in [2.75, 3.05) is 25.5 Å². The molecule has 0 spiro atoms. The van der Waals surface area contributed by atoms with Gasteiger partial charge in [-0.1, -0.05) is 13.8 Å². The standard InChI is InChI=1S/C25H29N3O4S2/c1-16-11-17(2)14-28(13-16)34(30,31)21-8-5-19(6-9-21)24(29)27-25-26-22(15-33-25)20-7-10-23(32-4)18(3)12-20/h5-10,12,15-17H,11,13-14H2,1-4H3,(H,26,27,29)/t16-,17-/m0/s1. The van der Waals surface area contributed by atoms with Crippen LogP contribution in [0.15, 0.2) is 52.7 Å². The zero-order valence-corrected chi connectivity index (χ0v) is 21.4. The molecular formula is C25H29N3O4S2. The highest BCUT2D eigenvalue weighted by atomic mass is 32.2. The number of carbonyl (C=O) groups excluding carboxylic acids is 1. The summed E-state index contributed by atoms with van der Waals surface area (Å²) in [4.78, 5) is 17.4. The number of aryl methyl sites for hydroxylation is 1. The summed E-state index contributed by atoms with van der Waals surface area (Å²) < 4.78 is 33.0. The number of methoxy groups -OCH3 is 1. The Morgan fingerprint density at radius 1 is 1.12 bits per heavy atom. The van der Waals surface area contributed by atoms with Gasteiger partial charge in [0.15, 0.2) is 5.13 Å². The van der Waals surface area contributed by atoms with E-state index in [1.54, 1.807) is 23.5 Å². The van der Waals surface area contributed by atoms with Crippen LogP contribution in [0.25, 0.3) is 11.3 Å². The fourth-order valence-corrected chi connectivity index (χ4v) is 6.79. The molecule has 1 aromatic heterocycles. The van der Waals surface area contributed by atoms with E-state index >= 15 is 0 Å². The van der Waals surface area contributed by atoms with Crippen LogP contribution in [0.2, 0.25) is 0 Å². The van der Waals surface area contributed by atoms with Crippen molar-refractivity contribution in [3.63, 3.8) is 0 Å². The van der Waals surface area contributed by atoms with Crippen molar-refractivity contribution >= 4 is 32.4 Å². The van der Waals surface area contributed by atoms with Gasteiger partial charge in [-0.2, -0.15) is 4.31 Å². The molecule has 2 atom stereocenters. The van der Waals surface area contributed by atoms with Crippen molar-refractivity contribution in [1.82, 2.24) is 9.29 Å². The molecular weight excluding hydrogens is 470 g/mol. The molecule has 0 radical (unpaired) electrons. The Morgan fingerprint density at radius 3 is 2.41 bits per heavy atom. The largest absolute Gasteiger partial charge is 0.496 e. The molecule has 180 valence electrons. The Kier molecular flexibility index (Phi) is 7.06. The second kappa shape index (κ2) is 9.85. The van der Waals surface area contributed by atoms with E-state index in [2.05, 4.69) is 24.1 Å². The van der Waals surface area contributed by atoms with E-state index in [1.165, 1.54) is 23.5 Å². The SMILES string of the molecule is COc1ccc(-c2csc(NC(=O)c3ccc(S(=O)(=O)N4C[C@@H](C)C[C@H](C)C4)cc3)n2)cc1C. The summed E-state index contributed by atoms with van der Waals surface area (Å²) in [5.74, 6) is 1.13. The van der Waals surface area contributed by atoms with Crippen LogP contribution >= 0.6 is 11.3 Å². The molecule has 2 aromatic carbocycles. The molecule has 7 nitrogen and oxygen atoms in total. The lowest BCUT2D eigenvalue weighted by molar-refractivity contribution is 0.102. The van der Waals surface area contributed by atoms with Gasteiger partial charge in [-0.15, -0.1) is 11.3 Å². The summed E-state index contributed by atoms with van der Waals surface area (Å²) in [7, 11) is -1.95. The predicted molar refractivity (Wildman–Crippen MR) is 135 cm³/mol. The van der Waals surface area contributed by atoms with Crippen LogP contribution in [0.1, 0.15) is 36.2 Å². The number of anilines is 1. The molecule has 1 aliphatic rings. The monoisotopic (exact) mass is 499 g/mol. The highest BCUT2D eigenvalue weighted by molar-refractivity contribution is 7.89. The first-order valence-electron chi connectivity index (χ1n) is 11.2. The van der Waals surface area contributed by atoms with Crippen molar-refractivity contribution in [3.05, 3.63) is 59.0 Å². The number of rotatable bonds is 6. The normalized spacial score (nSPS) is 19.1. The first-order valence-corrected chi connectivity index (χ1v) is 13.5. The second-order valence-corrected chi connectivity index (χ2v) is 11.8. The van der Waals surface area contributed by atoms with Gasteiger partial charge in [0.25, 0.3) is 5.91 Å². The van der Waals surface area contributed by atoms with Gasteiger partial charge in [0.2, 0.25) is 10.0 Å². The molecule has 0 aliphatic carbocycles. The third kappa shape index (κ3) is 5.16. The number of aromatic nitrogens is 1. The highest BCUT2D eigenvalue weighted by Crippen LogP contribution is 2.30. The lowest BCUT2D eigenvalue weighted by Gasteiger charge is -2.34. The van der Waals surface area contributed by atoms with Crippen molar-refractivity contribution in [3.8, 4) is 17.0 Å². The summed E-state index contributed by atoms with van der Waals surface area (Å²) in [5, 5.41) is 5.16. The van der Waals surface area contributed by atoms with Crippen molar-refractivity contribution in [1.29, 1.82) is 0 Å². The van der Waals surface area contributed by atoms with Crippen LogP contribution in [-0.2, 0) is 10.0 Å². The molecule has 1 fully saturated rings. The van der Waals surface area contributed by atoms with E-state index in [0.29, 0.717) is 35.6 Å². The van der Waals surface area contributed by atoms with E-state index in [9.17, 15) is 13.2 Å². The molecule has 0 unspecified atom stereocenters. The Morgan fingerprint density at radius 2 is 1.79 bits per heavy atom. The molecule has 3 aromatic rings. The minimum absolute atomic E-state index is 0.205. The number of benzene rings is 2. The number of ether oxygens (including phenoxy) is 1. The molecule has 2 heterocycles. The average molecular weight is 500 g/mol. The van der Waals surface area contributed by atoms with Gasteiger partial charge in [-0.25, -0.2) is 13.4 Å². The van der Waals surface area contributed by atoms with Crippen LogP contribution in [0.5, 0.6) is 5.75 Å². The van der Waals surface area contributed by atoms with E-state index in [1.807, 2.05) is 30.5 Å². The molecule has 1 amide bonds. The third-order valence-corrected chi connectivity index (χ3v) is 8.61. The van der Waals surface area contributed by atoms with Gasteiger partial charge >= 0.3 is 0 Å². The summed E-state index contributed by atoms with van der Waals surface area (Å²) >= 11 is 1.33.